The zero-order valence-electron chi connectivity index (χ0n) is 8.57. The van der Waals surface area contributed by atoms with Crippen LogP contribution >= 0.6 is 0 Å². The molecule has 0 bridgehead atoms. The molecule has 2 rings (SSSR count). The summed E-state index contributed by atoms with van der Waals surface area (Å²) in [6.07, 6.45) is 5.27. The van der Waals surface area contributed by atoms with Gasteiger partial charge in [-0.3, -0.25) is 0 Å². The van der Waals surface area contributed by atoms with E-state index >= 15 is 0 Å². The Kier molecular flexibility index (Phi) is 2.82. The van der Waals surface area contributed by atoms with Crippen LogP contribution in [0, 0.1) is 0 Å². The van der Waals surface area contributed by atoms with Gasteiger partial charge < -0.3 is 10.3 Å². The van der Waals surface area contributed by atoms with Crippen LogP contribution in [0.25, 0.3) is 0 Å². The predicted molar refractivity (Wildman–Crippen MR) is 52.9 cm³/mol. The number of nitrogens with two attached hydrogens (primary N) is 1. The molecule has 0 spiro atoms. The van der Waals surface area contributed by atoms with Crippen molar-refractivity contribution in [2.24, 2.45) is 5.73 Å². The lowest BCUT2D eigenvalue weighted by Gasteiger charge is -2.23. The van der Waals surface area contributed by atoms with Gasteiger partial charge in [-0.05, 0) is 19.3 Å². The standard InChI is InChI=1S/C10H17N3O/c1-2-9-12-10(14-13-9)7-4-3-5-8(11)6-7/h7-8H,2-6,11H2,1H3. The molecular formula is C10H17N3O. The highest BCUT2D eigenvalue weighted by atomic mass is 16.5. The summed E-state index contributed by atoms with van der Waals surface area (Å²) >= 11 is 0. The highest BCUT2D eigenvalue weighted by Gasteiger charge is 2.25. The van der Waals surface area contributed by atoms with Crippen LogP contribution in [-0.2, 0) is 6.42 Å². The third-order valence-corrected chi connectivity index (χ3v) is 2.86. The molecule has 4 nitrogen and oxygen atoms in total. The molecule has 1 aliphatic rings. The van der Waals surface area contributed by atoms with E-state index < -0.39 is 0 Å². The van der Waals surface area contributed by atoms with E-state index in [1.165, 1.54) is 6.42 Å². The van der Waals surface area contributed by atoms with Gasteiger partial charge in [0.2, 0.25) is 5.89 Å². The van der Waals surface area contributed by atoms with Crippen LogP contribution in [0.2, 0.25) is 0 Å². The smallest absolute Gasteiger partial charge is 0.229 e. The first-order valence-corrected chi connectivity index (χ1v) is 5.37. The van der Waals surface area contributed by atoms with Gasteiger partial charge in [-0.2, -0.15) is 4.98 Å². The maximum atomic E-state index is 5.91. The molecule has 2 unspecified atom stereocenters. The van der Waals surface area contributed by atoms with Gasteiger partial charge in [0.15, 0.2) is 5.82 Å². The van der Waals surface area contributed by atoms with Crippen molar-refractivity contribution in [1.82, 2.24) is 10.1 Å². The summed E-state index contributed by atoms with van der Waals surface area (Å²) in [7, 11) is 0. The molecule has 2 atom stereocenters. The lowest BCUT2D eigenvalue weighted by Crippen LogP contribution is -2.26. The predicted octanol–water partition coefficient (Wildman–Crippen LogP) is 1.62. The number of aromatic nitrogens is 2. The van der Waals surface area contributed by atoms with Crippen molar-refractivity contribution in [2.75, 3.05) is 0 Å². The van der Waals surface area contributed by atoms with Crippen LogP contribution in [0.4, 0.5) is 0 Å². The Labute approximate surface area is 83.9 Å². The number of aryl methyl sites for hydroxylation is 1. The van der Waals surface area contributed by atoms with E-state index in [0.29, 0.717) is 12.0 Å². The quantitative estimate of drug-likeness (QED) is 0.778. The summed E-state index contributed by atoms with van der Waals surface area (Å²) in [6.45, 7) is 2.03. The molecule has 78 valence electrons. The molecular weight excluding hydrogens is 178 g/mol. The van der Waals surface area contributed by atoms with Gasteiger partial charge in [0, 0.05) is 18.4 Å². The minimum absolute atomic E-state index is 0.311. The highest BCUT2D eigenvalue weighted by molar-refractivity contribution is 4.97. The lowest BCUT2D eigenvalue weighted by molar-refractivity contribution is 0.297. The summed E-state index contributed by atoms with van der Waals surface area (Å²) in [5.41, 5.74) is 5.91. The van der Waals surface area contributed by atoms with E-state index in [1.807, 2.05) is 6.92 Å². The second kappa shape index (κ2) is 4.09. The number of hydrogen-bond acceptors (Lipinski definition) is 4. The number of rotatable bonds is 2. The van der Waals surface area contributed by atoms with E-state index in [0.717, 1.165) is 37.4 Å². The number of nitrogens with zero attached hydrogens (tertiary/aromatic N) is 2. The van der Waals surface area contributed by atoms with Crippen LogP contribution in [0.5, 0.6) is 0 Å². The average molecular weight is 195 g/mol. The van der Waals surface area contributed by atoms with Crippen LogP contribution in [0.3, 0.4) is 0 Å². The first-order valence-electron chi connectivity index (χ1n) is 5.37. The summed E-state index contributed by atoms with van der Waals surface area (Å²) < 4.78 is 5.23. The van der Waals surface area contributed by atoms with Crippen LogP contribution in [-0.4, -0.2) is 16.2 Å². The lowest BCUT2D eigenvalue weighted by atomic mass is 9.86. The van der Waals surface area contributed by atoms with Crippen molar-refractivity contribution in [3.63, 3.8) is 0 Å². The summed E-state index contributed by atoms with van der Waals surface area (Å²) in [6, 6.07) is 0.311. The van der Waals surface area contributed by atoms with Gasteiger partial charge in [-0.25, -0.2) is 0 Å². The molecule has 4 heteroatoms. The minimum atomic E-state index is 0.311. The van der Waals surface area contributed by atoms with Crippen molar-refractivity contribution in [3.05, 3.63) is 11.7 Å². The Balaban J connectivity index is 2.06. The molecule has 0 radical (unpaired) electrons. The van der Waals surface area contributed by atoms with E-state index in [9.17, 15) is 0 Å². The Bertz CT molecular complexity index is 297. The molecule has 0 saturated heterocycles. The molecule has 0 aliphatic heterocycles. The fourth-order valence-corrected chi connectivity index (χ4v) is 2.03. The molecule has 2 N–H and O–H groups in total. The van der Waals surface area contributed by atoms with Crippen molar-refractivity contribution in [2.45, 2.75) is 51.0 Å². The van der Waals surface area contributed by atoms with E-state index in [2.05, 4.69) is 10.1 Å². The normalized spacial score (nSPS) is 27.9. The van der Waals surface area contributed by atoms with E-state index in [-0.39, 0.29) is 0 Å². The Hall–Kier alpha value is -0.900. The van der Waals surface area contributed by atoms with Crippen LogP contribution in [0.15, 0.2) is 4.52 Å². The SMILES string of the molecule is CCc1noc(C2CCCC(N)C2)n1. The highest BCUT2D eigenvalue weighted by Crippen LogP contribution is 2.30. The van der Waals surface area contributed by atoms with Crippen LogP contribution < -0.4 is 5.73 Å². The molecule has 1 saturated carbocycles. The van der Waals surface area contributed by atoms with E-state index in [4.69, 9.17) is 10.3 Å². The molecule has 0 aromatic carbocycles. The third kappa shape index (κ3) is 1.95. The monoisotopic (exact) mass is 195 g/mol. The van der Waals surface area contributed by atoms with Gasteiger partial charge in [-0.15, -0.1) is 0 Å². The third-order valence-electron chi connectivity index (χ3n) is 2.86. The second-order valence-corrected chi connectivity index (χ2v) is 4.03. The average Bonchev–Trinajstić information content (AvgIpc) is 2.66. The first-order chi connectivity index (χ1) is 6.79. The molecule has 0 amide bonds. The Morgan fingerprint density at radius 1 is 1.50 bits per heavy atom. The number of hydrogen-bond donors (Lipinski definition) is 1. The topological polar surface area (TPSA) is 64.9 Å². The maximum absolute atomic E-state index is 5.91. The molecule has 1 aromatic rings. The zero-order chi connectivity index (χ0) is 9.97. The minimum Gasteiger partial charge on any atom is -0.339 e. The van der Waals surface area contributed by atoms with Crippen molar-refractivity contribution in [3.8, 4) is 0 Å². The van der Waals surface area contributed by atoms with Crippen molar-refractivity contribution < 1.29 is 4.52 Å². The Morgan fingerprint density at radius 3 is 3.00 bits per heavy atom. The first kappa shape index (κ1) is 9.65. The second-order valence-electron chi connectivity index (χ2n) is 4.03. The molecule has 14 heavy (non-hydrogen) atoms. The van der Waals surface area contributed by atoms with E-state index in [1.54, 1.807) is 0 Å². The van der Waals surface area contributed by atoms with Crippen LogP contribution in [0.1, 0.15) is 50.2 Å². The van der Waals surface area contributed by atoms with Crippen molar-refractivity contribution >= 4 is 0 Å². The largest absolute Gasteiger partial charge is 0.339 e. The fourth-order valence-electron chi connectivity index (χ4n) is 2.03. The van der Waals surface area contributed by atoms with Crippen molar-refractivity contribution in [1.29, 1.82) is 0 Å². The summed E-state index contributed by atoms with van der Waals surface area (Å²) in [5, 5.41) is 3.91. The zero-order valence-corrected chi connectivity index (χ0v) is 8.57. The maximum Gasteiger partial charge on any atom is 0.229 e. The van der Waals surface area contributed by atoms with Gasteiger partial charge in [-0.1, -0.05) is 18.5 Å². The van der Waals surface area contributed by atoms with Gasteiger partial charge in [0.05, 0.1) is 0 Å². The summed E-state index contributed by atoms with van der Waals surface area (Å²) in [4.78, 5) is 4.35. The molecule has 1 aliphatic carbocycles. The molecule has 1 heterocycles. The summed E-state index contributed by atoms with van der Waals surface area (Å²) in [5.74, 6) is 1.99. The molecule has 1 fully saturated rings. The van der Waals surface area contributed by atoms with Gasteiger partial charge in [0.25, 0.3) is 0 Å². The Morgan fingerprint density at radius 2 is 2.36 bits per heavy atom. The fraction of sp³-hybridized carbons (Fsp3) is 0.800. The van der Waals surface area contributed by atoms with Gasteiger partial charge in [0.1, 0.15) is 0 Å². The van der Waals surface area contributed by atoms with Gasteiger partial charge >= 0.3 is 0 Å². The molecule has 1 aromatic heterocycles.